The third kappa shape index (κ3) is 1.46. The average Bonchev–Trinajstić information content (AvgIpc) is 2.82. The van der Waals surface area contributed by atoms with Gasteiger partial charge in [-0.2, -0.15) is 0 Å². The summed E-state index contributed by atoms with van der Waals surface area (Å²) in [7, 11) is 2.09. The Balaban J connectivity index is 2.19. The molecule has 3 nitrogen and oxygen atoms in total. The van der Waals surface area contributed by atoms with Gasteiger partial charge in [0.25, 0.3) is 0 Å². The van der Waals surface area contributed by atoms with Crippen molar-refractivity contribution in [2.24, 2.45) is 7.05 Å². The number of hydrogen-bond acceptors (Lipinski definition) is 2. The summed E-state index contributed by atoms with van der Waals surface area (Å²) in [6.07, 6.45) is 5.52. The summed E-state index contributed by atoms with van der Waals surface area (Å²) in [6.45, 7) is 0. The van der Waals surface area contributed by atoms with E-state index in [-0.39, 0.29) is 0 Å². The van der Waals surface area contributed by atoms with Crippen LogP contribution in [0, 0.1) is 0 Å². The van der Waals surface area contributed by atoms with E-state index in [0.29, 0.717) is 0 Å². The minimum absolute atomic E-state index is 0.981. The molecule has 20 heavy (non-hydrogen) atoms. The SMILES string of the molecule is Cn1c2ccccc2c2ccnc(-c3cccnc3)c21. The lowest BCUT2D eigenvalue weighted by Crippen LogP contribution is -1.92. The zero-order valence-electron chi connectivity index (χ0n) is 11.1. The van der Waals surface area contributed by atoms with Crippen LogP contribution in [0.4, 0.5) is 0 Å². The number of benzene rings is 1. The zero-order chi connectivity index (χ0) is 13.5. The molecule has 0 fully saturated rings. The molecule has 0 aliphatic heterocycles. The summed E-state index contributed by atoms with van der Waals surface area (Å²) in [5.74, 6) is 0. The van der Waals surface area contributed by atoms with Crippen LogP contribution in [0.3, 0.4) is 0 Å². The minimum atomic E-state index is 0.981. The maximum absolute atomic E-state index is 4.57. The van der Waals surface area contributed by atoms with Crippen LogP contribution in [-0.4, -0.2) is 14.5 Å². The van der Waals surface area contributed by atoms with Crippen molar-refractivity contribution in [3.63, 3.8) is 0 Å². The van der Waals surface area contributed by atoms with E-state index in [4.69, 9.17) is 0 Å². The van der Waals surface area contributed by atoms with Crippen LogP contribution >= 0.6 is 0 Å². The molecule has 0 radical (unpaired) electrons. The first-order valence-corrected chi connectivity index (χ1v) is 6.59. The van der Waals surface area contributed by atoms with Crippen molar-refractivity contribution in [1.29, 1.82) is 0 Å². The molecule has 0 atom stereocenters. The second-order valence-electron chi connectivity index (χ2n) is 4.87. The highest BCUT2D eigenvalue weighted by Gasteiger charge is 2.13. The fourth-order valence-corrected chi connectivity index (χ4v) is 2.84. The molecule has 0 aliphatic carbocycles. The van der Waals surface area contributed by atoms with Crippen LogP contribution < -0.4 is 0 Å². The molecule has 0 aliphatic rings. The van der Waals surface area contributed by atoms with Gasteiger partial charge in [-0.05, 0) is 24.3 Å². The van der Waals surface area contributed by atoms with E-state index in [1.807, 2.05) is 24.5 Å². The summed E-state index contributed by atoms with van der Waals surface area (Å²) < 4.78 is 2.21. The Morgan fingerprint density at radius 3 is 2.65 bits per heavy atom. The number of fused-ring (bicyclic) bond motifs is 3. The van der Waals surface area contributed by atoms with E-state index in [9.17, 15) is 0 Å². The van der Waals surface area contributed by atoms with Gasteiger partial charge in [0.1, 0.15) is 0 Å². The lowest BCUT2D eigenvalue weighted by atomic mass is 10.1. The highest BCUT2D eigenvalue weighted by molar-refractivity contribution is 6.11. The summed E-state index contributed by atoms with van der Waals surface area (Å²) in [5, 5.41) is 2.49. The third-order valence-corrected chi connectivity index (χ3v) is 3.75. The van der Waals surface area contributed by atoms with E-state index in [1.54, 1.807) is 6.20 Å². The molecular weight excluding hydrogens is 246 g/mol. The molecule has 0 unspecified atom stereocenters. The quantitative estimate of drug-likeness (QED) is 0.520. The lowest BCUT2D eigenvalue weighted by Gasteiger charge is -2.05. The molecule has 96 valence electrons. The molecule has 0 N–H and O–H groups in total. The fourth-order valence-electron chi connectivity index (χ4n) is 2.84. The van der Waals surface area contributed by atoms with Gasteiger partial charge in [0.15, 0.2) is 0 Å². The number of aromatic nitrogens is 3. The highest BCUT2D eigenvalue weighted by atomic mass is 15.0. The number of nitrogens with zero attached hydrogens (tertiary/aromatic N) is 3. The number of rotatable bonds is 1. The van der Waals surface area contributed by atoms with Gasteiger partial charge in [-0.25, -0.2) is 0 Å². The maximum Gasteiger partial charge on any atom is 0.0960 e. The Morgan fingerprint density at radius 1 is 0.900 bits per heavy atom. The number of aryl methyl sites for hydroxylation is 1. The van der Waals surface area contributed by atoms with Crippen molar-refractivity contribution in [2.45, 2.75) is 0 Å². The second kappa shape index (κ2) is 4.17. The lowest BCUT2D eigenvalue weighted by molar-refractivity contribution is 1.01. The molecule has 3 heteroatoms. The van der Waals surface area contributed by atoms with Gasteiger partial charge in [-0.1, -0.05) is 18.2 Å². The predicted molar refractivity (Wildman–Crippen MR) is 81.5 cm³/mol. The van der Waals surface area contributed by atoms with E-state index in [1.165, 1.54) is 16.3 Å². The first kappa shape index (κ1) is 11.2. The van der Waals surface area contributed by atoms with Crippen LogP contribution in [0.5, 0.6) is 0 Å². The molecular formula is C17H13N3. The van der Waals surface area contributed by atoms with Crippen LogP contribution in [0.2, 0.25) is 0 Å². The van der Waals surface area contributed by atoms with E-state index < -0.39 is 0 Å². The van der Waals surface area contributed by atoms with Crippen molar-refractivity contribution < 1.29 is 0 Å². The topological polar surface area (TPSA) is 30.7 Å². The summed E-state index contributed by atoms with van der Waals surface area (Å²) in [5.41, 5.74) is 4.40. The van der Waals surface area contributed by atoms with E-state index in [0.717, 1.165) is 16.8 Å². The van der Waals surface area contributed by atoms with E-state index >= 15 is 0 Å². The van der Waals surface area contributed by atoms with Gasteiger partial charge in [-0.15, -0.1) is 0 Å². The molecule has 4 aromatic rings. The van der Waals surface area contributed by atoms with Gasteiger partial charge in [0, 0.05) is 47.5 Å². The summed E-state index contributed by atoms with van der Waals surface area (Å²) in [6, 6.07) is 14.5. The largest absolute Gasteiger partial charge is 0.342 e. The number of pyridine rings is 2. The molecule has 1 aromatic carbocycles. The molecule has 0 bridgehead atoms. The van der Waals surface area contributed by atoms with Crippen molar-refractivity contribution in [1.82, 2.24) is 14.5 Å². The monoisotopic (exact) mass is 259 g/mol. The van der Waals surface area contributed by atoms with Gasteiger partial charge in [-0.3, -0.25) is 9.97 Å². The maximum atomic E-state index is 4.57. The Kier molecular flexibility index (Phi) is 2.33. The molecule has 3 aromatic heterocycles. The van der Waals surface area contributed by atoms with Gasteiger partial charge >= 0.3 is 0 Å². The van der Waals surface area contributed by atoms with Crippen LogP contribution in [0.1, 0.15) is 0 Å². The average molecular weight is 259 g/mol. The Bertz CT molecular complexity index is 907. The van der Waals surface area contributed by atoms with Crippen LogP contribution in [0.15, 0.2) is 61.1 Å². The van der Waals surface area contributed by atoms with Crippen LogP contribution in [-0.2, 0) is 7.05 Å². The number of para-hydroxylation sites is 1. The zero-order valence-corrected chi connectivity index (χ0v) is 11.1. The number of hydrogen-bond donors (Lipinski definition) is 0. The molecule has 0 amide bonds. The van der Waals surface area contributed by atoms with Crippen molar-refractivity contribution in [2.75, 3.05) is 0 Å². The molecule has 4 rings (SSSR count). The van der Waals surface area contributed by atoms with Gasteiger partial charge < -0.3 is 4.57 Å². The first-order valence-electron chi connectivity index (χ1n) is 6.59. The van der Waals surface area contributed by atoms with Gasteiger partial charge in [0.2, 0.25) is 0 Å². The summed E-state index contributed by atoms with van der Waals surface area (Å²) >= 11 is 0. The third-order valence-electron chi connectivity index (χ3n) is 3.75. The normalized spacial score (nSPS) is 11.2. The predicted octanol–water partition coefficient (Wildman–Crippen LogP) is 3.79. The molecule has 0 saturated carbocycles. The van der Waals surface area contributed by atoms with Crippen molar-refractivity contribution in [3.8, 4) is 11.3 Å². The van der Waals surface area contributed by atoms with E-state index in [2.05, 4.69) is 51.9 Å². The fraction of sp³-hybridized carbons (Fsp3) is 0.0588. The molecule has 0 saturated heterocycles. The van der Waals surface area contributed by atoms with Crippen LogP contribution in [0.25, 0.3) is 33.1 Å². The second-order valence-corrected chi connectivity index (χ2v) is 4.87. The highest BCUT2D eigenvalue weighted by Crippen LogP contribution is 2.33. The molecule has 3 heterocycles. The Labute approximate surface area is 116 Å². The first-order chi connectivity index (χ1) is 9.86. The summed E-state index contributed by atoms with van der Waals surface area (Å²) in [4.78, 5) is 8.77. The van der Waals surface area contributed by atoms with Crippen molar-refractivity contribution >= 4 is 21.8 Å². The van der Waals surface area contributed by atoms with Gasteiger partial charge in [0.05, 0.1) is 11.2 Å². The smallest absolute Gasteiger partial charge is 0.0960 e. The minimum Gasteiger partial charge on any atom is -0.342 e. The Morgan fingerprint density at radius 2 is 1.80 bits per heavy atom. The Hall–Kier alpha value is -2.68. The molecule has 0 spiro atoms. The standard InChI is InChI=1S/C17H13N3/c1-20-15-7-3-2-6-13(15)14-8-10-19-16(17(14)20)12-5-4-9-18-11-12/h2-11H,1H3. The van der Waals surface area contributed by atoms with Crippen molar-refractivity contribution in [3.05, 3.63) is 61.1 Å².